The molecule has 0 saturated carbocycles. The molecule has 2 atom stereocenters. The lowest BCUT2D eigenvalue weighted by Gasteiger charge is -2.26. The Bertz CT molecular complexity index is 1370. The van der Waals surface area contributed by atoms with E-state index in [1.165, 1.54) is 19.3 Å². The van der Waals surface area contributed by atoms with Gasteiger partial charge in [0.05, 0.1) is 5.69 Å². The molecular weight excluding hydrogens is 434 g/mol. The zero-order valence-electron chi connectivity index (χ0n) is 18.3. The molecule has 4 rings (SSSR count). The van der Waals surface area contributed by atoms with Gasteiger partial charge in [0.2, 0.25) is 0 Å². The Hall–Kier alpha value is -4.36. The van der Waals surface area contributed by atoms with Gasteiger partial charge in [0, 0.05) is 29.5 Å². The molecule has 34 heavy (non-hydrogen) atoms. The van der Waals surface area contributed by atoms with Gasteiger partial charge in [0.15, 0.2) is 6.10 Å². The second kappa shape index (κ2) is 10.1. The van der Waals surface area contributed by atoms with Crippen LogP contribution in [0.1, 0.15) is 11.7 Å². The highest BCUT2D eigenvalue weighted by molar-refractivity contribution is 6.00. The highest BCUT2D eigenvalue weighted by Gasteiger charge is 2.28. The maximum absolute atomic E-state index is 13.0. The number of carboxylic acid groups (broad SMARTS) is 1. The van der Waals surface area contributed by atoms with E-state index in [1.54, 1.807) is 36.4 Å². The fourth-order valence-electron chi connectivity index (χ4n) is 3.93. The maximum Gasteiger partial charge on any atom is 0.412 e. The van der Waals surface area contributed by atoms with E-state index in [9.17, 15) is 14.7 Å². The van der Waals surface area contributed by atoms with E-state index in [0.29, 0.717) is 22.0 Å². The molecule has 0 aliphatic rings. The van der Waals surface area contributed by atoms with Gasteiger partial charge in [-0.3, -0.25) is 5.32 Å². The van der Waals surface area contributed by atoms with Gasteiger partial charge in [-0.1, -0.05) is 66.7 Å². The number of aromatic hydroxyl groups is 1. The normalized spacial score (nSPS) is 13.1. The van der Waals surface area contributed by atoms with Gasteiger partial charge < -0.3 is 19.7 Å². The first-order chi connectivity index (χ1) is 16.5. The predicted molar refractivity (Wildman–Crippen MR) is 130 cm³/mol. The number of phenolic OH excluding ortho intramolecular Hbond substituents is 1. The van der Waals surface area contributed by atoms with Crippen LogP contribution in [0.3, 0.4) is 0 Å². The molecule has 4 aromatic rings. The van der Waals surface area contributed by atoms with Crippen LogP contribution in [-0.2, 0) is 14.3 Å². The fourth-order valence-corrected chi connectivity index (χ4v) is 3.93. The van der Waals surface area contributed by atoms with E-state index in [1.807, 2.05) is 36.4 Å². The molecule has 0 aliphatic heterocycles. The SMILES string of the molecule is CO[C@@H](/C=C/C(=O)O)[C@@H](OC(=O)Nc1cccc2ccccc12)c1ccc(O)c2ccccc12. The number of fused-ring (bicyclic) bond motifs is 2. The van der Waals surface area contributed by atoms with E-state index in [2.05, 4.69) is 5.32 Å². The largest absolute Gasteiger partial charge is 0.507 e. The summed E-state index contributed by atoms with van der Waals surface area (Å²) >= 11 is 0. The van der Waals surface area contributed by atoms with Crippen LogP contribution in [0.15, 0.2) is 91.0 Å². The Balaban J connectivity index is 1.72. The molecular formula is C27H23NO6. The zero-order chi connectivity index (χ0) is 24.1. The minimum Gasteiger partial charge on any atom is -0.507 e. The van der Waals surface area contributed by atoms with Crippen molar-refractivity contribution >= 4 is 39.3 Å². The summed E-state index contributed by atoms with van der Waals surface area (Å²) in [5.41, 5.74) is 1.14. The van der Waals surface area contributed by atoms with Crippen molar-refractivity contribution in [2.75, 3.05) is 12.4 Å². The topological polar surface area (TPSA) is 105 Å². The molecule has 1 amide bonds. The second-order valence-corrected chi connectivity index (χ2v) is 7.59. The number of hydrogen-bond acceptors (Lipinski definition) is 5. The summed E-state index contributed by atoms with van der Waals surface area (Å²) in [5.74, 6) is -1.08. The van der Waals surface area contributed by atoms with Crippen LogP contribution in [-0.4, -0.2) is 35.5 Å². The third kappa shape index (κ3) is 4.84. The highest BCUT2D eigenvalue weighted by atomic mass is 16.6. The first-order valence-corrected chi connectivity index (χ1v) is 10.6. The molecule has 7 heteroatoms. The van der Waals surface area contributed by atoms with Crippen LogP contribution < -0.4 is 5.32 Å². The number of amides is 1. The molecule has 0 aliphatic carbocycles. The van der Waals surface area contributed by atoms with Crippen molar-refractivity contribution in [3.05, 3.63) is 96.6 Å². The van der Waals surface area contributed by atoms with Crippen LogP contribution in [0.25, 0.3) is 21.5 Å². The van der Waals surface area contributed by atoms with Gasteiger partial charge in [0.25, 0.3) is 0 Å². The number of methoxy groups -OCH3 is 1. The van der Waals surface area contributed by atoms with E-state index >= 15 is 0 Å². The van der Waals surface area contributed by atoms with Gasteiger partial charge in [0.1, 0.15) is 11.9 Å². The first-order valence-electron chi connectivity index (χ1n) is 10.6. The monoisotopic (exact) mass is 457 g/mol. The van der Waals surface area contributed by atoms with Crippen molar-refractivity contribution in [3.8, 4) is 5.75 Å². The number of carboxylic acids is 1. The third-order valence-electron chi connectivity index (χ3n) is 5.50. The van der Waals surface area contributed by atoms with Gasteiger partial charge in [-0.05, 0) is 29.0 Å². The molecule has 0 aromatic heterocycles. The highest BCUT2D eigenvalue weighted by Crippen LogP contribution is 2.35. The Labute approximate surface area is 195 Å². The number of benzene rings is 4. The number of carbonyl (C=O) groups excluding carboxylic acids is 1. The molecule has 0 unspecified atom stereocenters. The third-order valence-corrected chi connectivity index (χ3v) is 5.50. The Morgan fingerprint density at radius 1 is 0.882 bits per heavy atom. The number of rotatable bonds is 7. The van der Waals surface area contributed by atoms with Crippen molar-refractivity contribution in [1.82, 2.24) is 0 Å². The molecule has 0 saturated heterocycles. The summed E-state index contributed by atoms with van der Waals surface area (Å²) in [6.07, 6.45) is -0.372. The molecule has 0 bridgehead atoms. The molecule has 4 aromatic carbocycles. The van der Waals surface area contributed by atoms with E-state index < -0.39 is 24.3 Å². The number of ether oxygens (including phenoxy) is 2. The zero-order valence-corrected chi connectivity index (χ0v) is 18.3. The van der Waals surface area contributed by atoms with Crippen molar-refractivity contribution in [1.29, 1.82) is 0 Å². The van der Waals surface area contributed by atoms with Crippen LogP contribution >= 0.6 is 0 Å². The number of carbonyl (C=O) groups is 2. The Kier molecular flexibility index (Phi) is 6.75. The molecule has 0 fully saturated rings. The molecule has 0 radical (unpaired) electrons. The van der Waals surface area contributed by atoms with Gasteiger partial charge in [-0.15, -0.1) is 0 Å². The van der Waals surface area contributed by atoms with E-state index in [4.69, 9.17) is 14.6 Å². The minimum atomic E-state index is -1.16. The lowest BCUT2D eigenvalue weighted by atomic mass is 9.96. The lowest BCUT2D eigenvalue weighted by molar-refractivity contribution is -0.131. The van der Waals surface area contributed by atoms with E-state index in [-0.39, 0.29) is 5.75 Å². The van der Waals surface area contributed by atoms with Gasteiger partial charge in [-0.25, -0.2) is 9.59 Å². The van der Waals surface area contributed by atoms with Crippen LogP contribution in [0, 0.1) is 0 Å². The van der Waals surface area contributed by atoms with Crippen molar-refractivity contribution in [3.63, 3.8) is 0 Å². The maximum atomic E-state index is 13.0. The minimum absolute atomic E-state index is 0.0772. The Morgan fingerprint density at radius 2 is 1.56 bits per heavy atom. The number of anilines is 1. The second-order valence-electron chi connectivity index (χ2n) is 7.59. The Morgan fingerprint density at radius 3 is 2.29 bits per heavy atom. The molecule has 0 spiro atoms. The molecule has 0 heterocycles. The van der Waals surface area contributed by atoms with Crippen LogP contribution in [0.5, 0.6) is 5.75 Å². The number of phenols is 1. The first kappa shape index (κ1) is 22.8. The molecule has 3 N–H and O–H groups in total. The van der Waals surface area contributed by atoms with Crippen LogP contribution in [0.2, 0.25) is 0 Å². The summed E-state index contributed by atoms with van der Waals surface area (Å²) in [4.78, 5) is 24.2. The average Bonchev–Trinajstić information content (AvgIpc) is 2.84. The van der Waals surface area contributed by atoms with E-state index in [0.717, 1.165) is 16.8 Å². The summed E-state index contributed by atoms with van der Waals surface area (Å²) in [5, 5.41) is 25.2. The predicted octanol–water partition coefficient (Wildman–Crippen LogP) is 5.64. The average molecular weight is 457 g/mol. The lowest BCUT2D eigenvalue weighted by Crippen LogP contribution is -2.27. The summed E-state index contributed by atoms with van der Waals surface area (Å²) < 4.78 is 11.3. The summed E-state index contributed by atoms with van der Waals surface area (Å²) in [6, 6.07) is 23.4. The van der Waals surface area contributed by atoms with Crippen molar-refractivity contribution < 1.29 is 29.3 Å². The quantitative estimate of drug-likeness (QED) is 0.310. The smallest absolute Gasteiger partial charge is 0.412 e. The molecule has 172 valence electrons. The summed E-state index contributed by atoms with van der Waals surface area (Å²) in [6.45, 7) is 0. The fraction of sp³-hybridized carbons (Fsp3) is 0.111. The van der Waals surface area contributed by atoms with Gasteiger partial charge >= 0.3 is 12.1 Å². The standard InChI is InChI=1S/C27H23NO6/c1-33-24(15-16-25(30)31)26(21-13-14-23(29)20-11-5-4-10-19(20)21)34-27(32)28-22-12-6-8-17-7-2-3-9-18(17)22/h2-16,24,26,29H,1H3,(H,28,32)(H,30,31)/b16-15+/t24-,26-/m0/s1. The van der Waals surface area contributed by atoms with Crippen LogP contribution in [0.4, 0.5) is 10.5 Å². The number of nitrogens with one attached hydrogen (secondary N) is 1. The number of hydrogen-bond donors (Lipinski definition) is 3. The molecule has 7 nitrogen and oxygen atoms in total. The number of aliphatic carboxylic acids is 1. The van der Waals surface area contributed by atoms with Crippen molar-refractivity contribution in [2.45, 2.75) is 12.2 Å². The van der Waals surface area contributed by atoms with Crippen molar-refractivity contribution in [2.24, 2.45) is 0 Å². The van der Waals surface area contributed by atoms with Gasteiger partial charge in [-0.2, -0.15) is 0 Å². The summed E-state index contributed by atoms with van der Waals surface area (Å²) in [7, 11) is 1.40.